The summed E-state index contributed by atoms with van der Waals surface area (Å²) in [6, 6.07) is 3.71. The second-order valence-corrected chi connectivity index (χ2v) is 4.81. The van der Waals surface area contributed by atoms with Crippen molar-refractivity contribution in [1.29, 1.82) is 0 Å². The quantitative estimate of drug-likeness (QED) is 0.310. The van der Waals surface area contributed by atoms with Crippen molar-refractivity contribution >= 4 is 11.7 Å². The van der Waals surface area contributed by atoms with Crippen molar-refractivity contribution in [2.75, 3.05) is 31.7 Å². The minimum absolute atomic E-state index is 0.0568. The van der Waals surface area contributed by atoms with Gasteiger partial charge in [-0.1, -0.05) is 5.16 Å². The van der Waals surface area contributed by atoms with Crippen LogP contribution in [0.3, 0.4) is 0 Å². The van der Waals surface area contributed by atoms with Crippen molar-refractivity contribution in [2.24, 2.45) is 10.9 Å². The molecule has 1 heterocycles. The number of nitrogens with two attached hydrogens (primary N) is 1. The summed E-state index contributed by atoms with van der Waals surface area (Å²) in [6.07, 6.45) is 2.20. The summed E-state index contributed by atoms with van der Waals surface area (Å²) in [5, 5.41) is 11.6. The fourth-order valence-electron chi connectivity index (χ4n) is 1.79. The Hall–Kier alpha value is -2.02. The van der Waals surface area contributed by atoms with Crippen LogP contribution in [0.4, 0.5) is 5.82 Å². The van der Waals surface area contributed by atoms with Crippen LogP contribution in [0, 0.1) is 0 Å². The van der Waals surface area contributed by atoms with E-state index in [1.54, 1.807) is 13.3 Å². The first-order valence-corrected chi connectivity index (χ1v) is 6.90. The largest absolute Gasteiger partial charge is 0.487 e. The van der Waals surface area contributed by atoms with Crippen LogP contribution >= 0.6 is 0 Å². The third-order valence-electron chi connectivity index (χ3n) is 2.74. The molecule has 118 valence electrons. The number of rotatable bonds is 9. The van der Waals surface area contributed by atoms with Crippen LogP contribution in [0.5, 0.6) is 5.75 Å². The number of anilines is 1. The molecule has 7 nitrogen and oxygen atoms in total. The smallest absolute Gasteiger partial charge is 0.171 e. The molecule has 21 heavy (non-hydrogen) atoms. The molecule has 0 bridgehead atoms. The maximum absolute atomic E-state index is 8.65. The number of hydrogen-bond acceptors (Lipinski definition) is 6. The van der Waals surface area contributed by atoms with Gasteiger partial charge in [-0.05, 0) is 26.0 Å². The molecule has 1 aromatic heterocycles. The monoisotopic (exact) mass is 296 g/mol. The summed E-state index contributed by atoms with van der Waals surface area (Å²) in [7, 11) is 1.64. The fourth-order valence-corrected chi connectivity index (χ4v) is 1.79. The van der Waals surface area contributed by atoms with E-state index in [1.807, 2.05) is 30.9 Å². The van der Waals surface area contributed by atoms with Crippen molar-refractivity contribution in [3.8, 4) is 5.75 Å². The number of amidine groups is 1. The summed E-state index contributed by atoms with van der Waals surface area (Å²) in [4.78, 5) is 6.39. The lowest BCUT2D eigenvalue weighted by molar-refractivity contribution is 0.204. The zero-order valence-corrected chi connectivity index (χ0v) is 12.8. The van der Waals surface area contributed by atoms with Crippen LogP contribution in [0.15, 0.2) is 23.5 Å². The molecule has 0 atom stereocenters. The van der Waals surface area contributed by atoms with Gasteiger partial charge in [-0.25, -0.2) is 4.98 Å². The van der Waals surface area contributed by atoms with E-state index < -0.39 is 0 Å². The molecule has 0 saturated carbocycles. The predicted octanol–water partition coefficient (Wildman–Crippen LogP) is 1.46. The minimum atomic E-state index is 0.0568. The second kappa shape index (κ2) is 9.02. The van der Waals surface area contributed by atoms with E-state index in [4.69, 9.17) is 20.4 Å². The molecular formula is C14H24N4O3. The fraction of sp³-hybridized carbons (Fsp3) is 0.571. The molecule has 1 rings (SSSR count). The Bertz CT molecular complexity index is 452. The van der Waals surface area contributed by atoms with Gasteiger partial charge in [0.2, 0.25) is 0 Å². The lowest BCUT2D eigenvalue weighted by atomic mass is 10.3. The molecule has 0 saturated heterocycles. The van der Waals surface area contributed by atoms with Crippen molar-refractivity contribution in [3.05, 3.63) is 18.3 Å². The highest BCUT2D eigenvalue weighted by Crippen LogP contribution is 2.26. The normalized spacial score (nSPS) is 11.7. The molecule has 0 spiro atoms. The van der Waals surface area contributed by atoms with E-state index in [0.717, 1.165) is 5.82 Å². The highest BCUT2D eigenvalue weighted by Gasteiger charge is 2.15. The minimum Gasteiger partial charge on any atom is -0.487 e. The van der Waals surface area contributed by atoms with Crippen LogP contribution in [0.1, 0.15) is 20.3 Å². The van der Waals surface area contributed by atoms with Gasteiger partial charge in [0.1, 0.15) is 5.84 Å². The SMILES string of the molecule is COCCN(CC/C(N)=N/O)c1ncccc1OC(C)C. The van der Waals surface area contributed by atoms with Crippen molar-refractivity contribution in [2.45, 2.75) is 26.4 Å². The zero-order chi connectivity index (χ0) is 15.7. The van der Waals surface area contributed by atoms with Crippen molar-refractivity contribution in [1.82, 2.24) is 4.98 Å². The molecule has 0 radical (unpaired) electrons. The average molecular weight is 296 g/mol. The number of methoxy groups -OCH3 is 1. The van der Waals surface area contributed by atoms with Gasteiger partial charge < -0.3 is 25.3 Å². The van der Waals surface area contributed by atoms with Crippen LogP contribution in [0.2, 0.25) is 0 Å². The molecule has 0 unspecified atom stereocenters. The molecule has 0 aliphatic carbocycles. The van der Waals surface area contributed by atoms with Crippen LogP contribution in [-0.4, -0.2) is 48.9 Å². The summed E-state index contributed by atoms with van der Waals surface area (Å²) < 4.78 is 10.9. The molecule has 1 aromatic rings. The van der Waals surface area contributed by atoms with Crippen LogP contribution in [-0.2, 0) is 4.74 Å². The van der Waals surface area contributed by atoms with Crippen molar-refractivity contribution < 1.29 is 14.7 Å². The number of pyridine rings is 1. The first-order chi connectivity index (χ1) is 10.1. The average Bonchev–Trinajstić information content (AvgIpc) is 2.47. The van der Waals surface area contributed by atoms with Gasteiger partial charge in [0.15, 0.2) is 11.6 Å². The Kier molecular flexibility index (Phi) is 7.31. The van der Waals surface area contributed by atoms with E-state index in [9.17, 15) is 0 Å². The van der Waals surface area contributed by atoms with E-state index in [2.05, 4.69) is 10.1 Å². The summed E-state index contributed by atoms with van der Waals surface area (Å²) >= 11 is 0. The first kappa shape index (κ1) is 17.0. The van der Waals surface area contributed by atoms with Gasteiger partial charge in [-0.3, -0.25) is 0 Å². The molecule has 0 aliphatic rings. The Morgan fingerprint density at radius 1 is 1.48 bits per heavy atom. The van der Waals surface area contributed by atoms with E-state index in [1.165, 1.54) is 0 Å². The van der Waals surface area contributed by atoms with E-state index >= 15 is 0 Å². The van der Waals surface area contributed by atoms with Crippen LogP contribution in [0.25, 0.3) is 0 Å². The third kappa shape index (κ3) is 5.86. The van der Waals surface area contributed by atoms with Gasteiger partial charge in [0, 0.05) is 32.8 Å². The number of nitrogens with zero attached hydrogens (tertiary/aromatic N) is 3. The van der Waals surface area contributed by atoms with Gasteiger partial charge >= 0.3 is 0 Å². The highest BCUT2D eigenvalue weighted by atomic mass is 16.5. The molecule has 0 aromatic carbocycles. The lowest BCUT2D eigenvalue weighted by Gasteiger charge is -2.25. The third-order valence-corrected chi connectivity index (χ3v) is 2.74. The predicted molar refractivity (Wildman–Crippen MR) is 82.1 cm³/mol. The van der Waals surface area contributed by atoms with Gasteiger partial charge in [-0.2, -0.15) is 0 Å². The number of aromatic nitrogens is 1. The number of oxime groups is 1. The number of ether oxygens (including phenoxy) is 2. The van der Waals surface area contributed by atoms with Gasteiger partial charge in [0.25, 0.3) is 0 Å². The van der Waals surface area contributed by atoms with Gasteiger partial charge in [0.05, 0.1) is 12.7 Å². The second-order valence-electron chi connectivity index (χ2n) is 4.81. The van der Waals surface area contributed by atoms with E-state index in [-0.39, 0.29) is 11.9 Å². The maximum atomic E-state index is 8.65. The molecule has 0 amide bonds. The molecule has 7 heteroatoms. The Morgan fingerprint density at radius 2 is 2.24 bits per heavy atom. The summed E-state index contributed by atoms with van der Waals surface area (Å²) in [5.74, 6) is 1.62. The first-order valence-electron chi connectivity index (χ1n) is 6.90. The van der Waals surface area contributed by atoms with Crippen LogP contribution < -0.4 is 15.4 Å². The lowest BCUT2D eigenvalue weighted by Crippen LogP contribution is -2.32. The Labute approximate surface area is 125 Å². The molecule has 3 N–H and O–H groups in total. The zero-order valence-electron chi connectivity index (χ0n) is 12.8. The molecule has 0 fully saturated rings. The highest BCUT2D eigenvalue weighted by molar-refractivity contribution is 5.80. The number of hydrogen-bond donors (Lipinski definition) is 2. The van der Waals surface area contributed by atoms with Gasteiger partial charge in [-0.15, -0.1) is 0 Å². The maximum Gasteiger partial charge on any atom is 0.171 e. The topological polar surface area (TPSA) is 93.2 Å². The molecule has 0 aliphatic heterocycles. The van der Waals surface area contributed by atoms with E-state index in [0.29, 0.717) is 31.9 Å². The Balaban J connectivity index is 2.90. The Morgan fingerprint density at radius 3 is 2.86 bits per heavy atom. The molecular weight excluding hydrogens is 272 g/mol. The van der Waals surface area contributed by atoms with Crippen molar-refractivity contribution in [3.63, 3.8) is 0 Å². The summed E-state index contributed by atoms with van der Waals surface area (Å²) in [5.41, 5.74) is 5.54. The summed E-state index contributed by atoms with van der Waals surface area (Å²) in [6.45, 7) is 5.68. The standard InChI is InChI=1S/C14H24N4O3/c1-11(2)21-12-5-4-7-16-14(12)18(9-10-20-3)8-6-13(15)17-19/h4-5,7,11,19H,6,8-10H2,1-3H3,(H2,15,17).